The highest BCUT2D eigenvalue weighted by Crippen LogP contribution is 2.26. The summed E-state index contributed by atoms with van der Waals surface area (Å²) < 4.78 is 0. The summed E-state index contributed by atoms with van der Waals surface area (Å²) in [5, 5.41) is 1.96. The Bertz CT molecular complexity index is 120. The quantitative estimate of drug-likeness (QED) is 0.355. The van der Waals surface area contributed by atoms with Crippen molar-refractivity contribution < 1.29 is 0 Å². The Morgan fingerprint density at radius 1 is 1.00 bits per heavy atom. The second kappa shape index (κ2) is 9.33. The van der Waals surface area contributed by atoms with E-state index in [0.29, 0.717) is 15.7 Å². The molecule has 0 rings (SSSR count). The molecule has 0 saturated carbocycles. The number of hydrogen-bond acceptors (Lipinski definition) is 6. The first-order chi connectivity index (χ1) is 6.15. The van der Waals surface area contributed by atoms with Crippen LogP contribution in [-0.4, -0.2) is 32.3 Å². The highest BCUT2D eigenvalue weighted by atomic mass is 32.2. The number of thiol groups is 5. The van der Waals surface area contributed by atoms with Gasteiger partial charge in [0.05, 0.1) is 0 Å². The molecule has 0 heterocycles. The minimum Gasteiger partial charge on any atom is -0.178 e. The standard InChI is InChI=1S/C7H16S6/c8-2-5(11)1-7(13-4-10)6(12)3-9/h5-12H,1-4H2. The summed E-state index contributed by atoms with van der Waals surface area (Å²) in [6.07, 6.45) is 1.02. The molecule has 0 aliphatic carbocycles. The van der Waals surface area contributed by atoms with Crippen molar-refractivity contribution in [2.45, 2.75) is 22.2 Å². The lowest BCUT2D eigenvalue weighted by atomic mass is 10.2. The molecule has 0 radical (unpaired) electrons. The maximum Gasteiger partial charge on any atom is 0.0365 e. The third-order valence-electron chi connectivity index (χ3n) is 1.62. The molecule has 6 heteroatoms. The summed E-state index contributed by atoms with van der Waals surface area (Å²) in [7, 11) is 0. The van der Waals surface area contributed by atoms with Gasteiger partial charge in [-0.1, -0.05) is 0 Å². The summed E-state index contributed by atoms with van der Waals surface area (Å²) in [5.74, 6) is 1.60. The van der Waals surface area contributed by atoms with Crippen molar-refractivity contribution in [3.05, 3.63) is 0 Å². The molecule has 0 bridgehead atoms. The van der Waals surface area contributed by atoms with Gasteiger partial charge in [0, 0.05) is 32.3 Å². The predicted molar refractivity (Wildman–Crippen MR) is 83.1 cm³/mol. The molecule has 3 atom stereocenters. The zero-order valence-electron chi connectivity index (χ0n) is 7.20. The highest BCUT2D eigenvalue weighted by Gasteiger charge is 2.19. The largest absolute Gasteiger partial charge is 0.178 e. The fraction of sp³-hybridized carbons (Fsp3) is 1.00. The number of rotatable bonds is 7. The normalized spacial score (nSPS) is 18.2. The van der Waals surface area contributed by atoms with E-state index in [1.807, 2.05) is 11.8 Å². The molecule has 0 aliphatic heterocycles. The van der Waals surface area contributed by atoms with Crippen LogP contribution in [0.2, 0.25) is 0 Å². The lowest BCUT2D eigenvalue weighted by molar-refractivity contribution is 0.760. The highest BCUT2D eigenvalue weighted by molar-refractivity contribution is 8.10. The minimum absolute atomic E-state index is 0.315. The van der Waals surface area contributed by atoms with Gasteiger partial charge < -0.3 is 0 Å². The van der Waals surface area contributed by atoms with Crippen LogP contribution in [0.4, 0.5) is 0 Å². The Kier molecular flexibility index (Phi) is 10.8. The van der Waals surface area contributed by atoms with Crippen molar-refractivity contribution in [1.29, 1.82) is 0 Å². The minimum atomic E-state index is 0.315. The van der Waals surface area contributed by atoms with Crippen molar-refractivity contribution in [3.8, 4) is 0 Å². The summed E-state index contributed by atoms with van der Waals surface area (Å²) in [4.78, 5) is 0. The predicted octanol–water partition coefficient (Wildman–Crippen LogP) is 2.82. The molecule has 0 aromatic rings. The maximum atomic E-state index is 4.48. The summed E-state index contributed by atoms with van der Waals surface area (Å²) in [6.45, 7) is 0. The molecule has 0 spiro atoms. The number of hydrogen-bond donors (Lipinski definition) is 5. The van der Waals surface area contributed by atoms with Crippen LogP contribution in [-0.2, 0) is 0 Å². The molecule has 80 valence electrons. The van der Waals surface area contributed by atoms with Crippen LogP contribution in [0.3, 0.4) is 0 Å². The van der Waals surface area contributed by atoms with Crippen molar-refractivity contribution in [2.75, 3.05) is 16.6 Å². The van der Waals surface area contributed by atoms with Crippen LogP contribution < -0.4 is 0 Å². The first kappa shape index (κ1) is 15.1. The summed E-state index contributed by atoms with van der Waals surface area (Å²) >= 11 is 23.4. The van der Waals surface area contributed by atoms with E-state index in [1.54, 1.807) is 0 Å². The third kappa shape index (κ3) is 7.06. The summed E-state index contributed by atoms with van der Waals surface area (Å²) in [6, 6.07) is 0. The molecule has 0 amide bonds. The monoisotopic (exact) mass is 292 g/mol. The molecular weight excluding hydrogens is 276 g/mol. The Morgan fingerprint density at radius 2 is 1.62 bits per heavy atom. The van der Waals surface area contributed by atoms with Crippen molar-refractivity contribution in [1.82, 2.24) is 0 Å². The van der Waals surface area contributed by atoms with Gasteiger partial charge in [0.1, 0.15) is 0 Å². The van der Waals surface area contributed by atoms with Gasteiger partial charge in [0.15, 0.2) is 0 Å². The summed E-state index contributed by atoms with van der Waals surface area (Å²) in [5.41, 5.74) is 0. The fourth-order valence-electron chi connectivity index (χ4n) is 0.892. The van der Waals surface area contributed by atoms with Crippen LogP contribution in [0, 0.1) is 0 Å². The fourth-order valence-corrected chi connectivity index (χ4v) is 3.64. The zero-order chi connectivity index (χ0) is 10.3. The molecule has 0 saturated heterocycles. The van der Waals surface area contributed by atoms with Crippen LogP contribution in [0.25, 0.3) is 0 Å². The molecule has 0 N–H and O–H groups in total. The van der Waals surface area contributed by atoms with E-state index >= 15 is 0 Å². The van der Waals surface area contributed by atoms with Gasteiger partial charge in [0.2, 0.25) is 0 Å². The number of thioether (sulfide) groups is 1. The van der Waals surface area contributed by atoms with Crippen molar-refractivity contribution >= 4 is 74.9 Å². The van der Waals surface area contributed by atoms with Crippen LogP contribution >= 0.6 is 74.9 Å². The van der Waals surface area contributed by atoms with E-state index in [-0.39, 0.29) is 0 Å². The Balaban J connectivity index is 3.92. The molecular formula is C7H16S6. The molecule has 0 aromatic heterocycles. The Labute approximate surface area is 113 Å². The van der Waals surface area contributed by atoms with Crippen LogP contribution in [0.1, 0.15) is 6.42 Å². The molecule has 0 aromatic carbocycles. The lowest BCUT2D eigenvalue weighted by Gasteiger charge is -2.22. The van der Waals surface area contributed by atoms with E-state index in [0.717, 1.165) is 23.0 Å². The average molecular weight is 293 g/mol. The third-order valence-corrected chi connectivity index (χ3v) is 5.71. The van der Waals surface area contributed by atoms with Gasteiger partial charge in [-0.05, 0) is 6.42 Å². The van der Waals surface area contributed by atoms with Gasteiger partial charge in [-0.15, -0.1) is 11.8 Å². The first-order valence-corrected chi connectivity index (χ1v) is 7.93. The van der Waals surface area contributed by atoms with Crippen molar-refractivity contribution in [2.24, 2.45) is 0 Å². The second-order valence-electron chi connectivity index (χ2n) is 2.66. The van der Waals surface area contributed by atoms with Gasteiger partial charge in [-0.2, -0.15) is 63.1 Å². The van der Waals surface area contributed by atoms with Crippen molar-refractivity contribution in [3.63, 3.8) is 0 Å². The molecule has 13 heavy (non-hydrogen) atoms. The molecule has 0 nitrogen and oxygen atoms in total. The molecule has 0 fully saturated rings. The van der Waals surface area contributed by atoms with Gasteiger partial charge in [-0.25, -0.2) is 0 Å². The first-order valence-electron chi connectivity index (χ1n) is 3.96. The van der Waals surface area contributed by atoms with Crippen LogP contribution in [0.15, 0.2) is 0 Å². The van der Waals surface area contributed by atoms with Gasteiger partial charge >= 0.3 is 0 Å². The van der Waals surface area contributed by atoms with Gasteiger partial charge in [-0.3, -0.25) is 0 Å². The van der Waals surface area contributed by atoms with Gasteiger partial charge in [0.25, 0.3) is 0 Å². The lowest BCUT2D eigenvalue weighted by Crippen LogP contribution is -2.24. The van der Waals surface area contributed by atoms with E-state index in [2.05, 4.69) is 63.1 Å². The SMILES string of the molecule is SCSC(CC(S)CS)C(S)CS. The van der Waals surface area contributed by atoms with E-state index < -0.39 is 0 Å². The molecule has 0 aliphatic rings. The second-order valence-corrected chi connectivity index (χ2v) is 6.75. The average Bonchev–Trinajstić information content (AvgIpc) is 2.15. The Hall–Kier alpha value is 2.10. The smallest absolute Gasteiger partial charge is 0.0365 e. The van der Waals surface area contributed by atoms with E-state index in [4.69, 9.17) is 0 Å². The maximum absolute atomic E-state index is 4.48. The van der Waals surface area contributed by atoms with E-state index in [1.165, 1.54) is 0 Å². The topological polar surface area (TPSA) is 0 Å². The molecule has 3 unspecified atom stereocenters. The van der Waals surface area contributed by atoms with Crippen LogP contribution in [0.5, 0.6) is 0 Å². The zero-order valence-corrected chi connectivity index (χ0v) is 12.5. The Morgan fingerprint density at radius 3 is 2.00 bits per heavy atom. The van der Waals surface area contributed by atoms with E-state index in [9.17, 15) is 0 Å².